The highest BCUT2D eigenvalue weighted by Gasteiger charge is 2.33. The first-order valence-electron chi connectivity index (χ1n) is 6.94. The Labute approximate surface area is 146 Å². The molecular formula is C16H14IN3O3. The van der Waals surface area contributed by atoms with Crippen LogP contribution in [0.5, 0.6) is 0 Å². The van der Waals surface area contributed by atoms with Gasteiger partial charge >= 0.3 is 6.03 Å². The zero-order valence-corrected chi connectivity index (χ0v) is 14.4. The molecule has 6 nitrogen and oxygen atoms in total. The van der Waals surface area contributed by atoms with Crippen LogP contribution in [-0.2, 0) is 4.79 Å². The molecule has 0 spiro atoms. The van der Waals surface area contributed by atoms with Crippen LogP contribution in [0.2, 0.25) is 0 Å². The van der Waals surface area contributed by atoms with E-state index in [9.17, 15) is 9.59 Å². The standard InChI is InChI=1S/C16H14IN3O3/c1-9-13(15(21)19-10-5-3-2-4-6-10)14(20-16(22)18-9)11-7-8-12(17)23-11/h2-8,14H,1H3,(H,19,21)(H2,18,20,22). The molecule has 1 aromatic carbocycles. The Balaban J connectivity index is 1.93. The minimum Gasteiger partial charge on any atom is -0.453 e. The maximum atomic E-state index is 12.7. The number of carbonyl (C=O) groups is 2. The summed E-state index contributed by atoms with van der Waals surface area (Å²) in [6.07, 6.45) is 0. The van der Waals surface area contributed by atoms with Gasteiger partial charge in [-0.3, -0.25) is 4.79 Å². The largest absolute Gasteiger partial charge is 0.453 e. The van der Waals surface area contributed by atoms with E-state index >= 15 is 0 Å². The topological polar surface area (TPSA) is 83.4 Å². The minimum absolute atomic E-state index is 0.294. The van der Waals surface area contributed by atoms with Crippen LogP contribution in [0.4, 0.5) is 10.5 Å². The Morgan fingerprint density at radius 3 is 2.61 bits per heavy atom. The van der Waals surface area contributed by atoms with Gasteiger partial charge in [-0.25, -0.2) is 4.79 Å². The van der Waals surface area contributed by atoms with Crippen LogP contribution in [0.25, 0.3) is 0 Å². The summed E-state index contributed by atoms with van der Waals surface area (Å²) >= 11 is 2.04. The Hall–Kier alpha value is -2.29. The van der Waals surface area contributed by atoms with Crippen LogP contribution in [0.15, 0.2) is 58.2 Å². The molecule has 3 rings (SSSR count). The summed E-state index contributed by atoms with van der Waals surface area (Å²) in [6.45, 7) is 1.69. The first-order chi connectivity index (χ1) is 11.0. The number of carbonyl (C=O) groups excluding carboxylic acids is 2. The predicted octanol–water partition coefficient (Wildman–Crippen LogP) is 3.15. The monoisotopic (exact) mass is 423 g/mol. The molecule has 0 bridgehead atoms. The number of furan rings is 1. The van der Waals surface area contributed by atoms with Crippen molar-refractivity contribution < 1.29 is 14.0 Å². The molecule has 2 heterocycles. The molecule has 1 aliphatic rings. The van der Waals surface area contributed by atoms with Crippen molar-refractivity contribution >= 4 is 40.2 Å². The third-order valence-corrected chi connectivity index (χ3v) is 4.00. The predicted molar refractivity (Wildman–Crippen MR) is 93.6 cm³/mol. The number of urea groups is 1. The maximum absolute atomic E-state index is 12.7. The van der Waals surface area contributed by atoms with Crippen LogP contribution in [0.1, 0.15) is 18.7 Å². The third-order valence-electron chi connectivity index (χ3n) is 3.42. The molecule has 3 N–H and O–H groups in total. The molecule has 0 aliphatic carbocycles. The number of hydrogen-bond donors (Lipinski definition) is 3. The zero-order valence-electron chi connectivity index (χ0n) is 12.2. The SMILES string of the molecule is CC1=C(C(=O)Nc2ccccc2)C(c2ccc(I)o2)NC(=O)N1. The number of allylic oxidation sites excluding steroid dienone is 1. The van der Waals surface area contributed by atoms with Crippen LogP contribution in [0.3, 0.4) is 0 Å². The maximum Gasteiger partial charge on any atom is 0.319 e. The van der Waals surface area contributed by atoms with Gasteiger partial charge in [0.25, 0.3) is 5.91 Å². The summed E-state index contributed by atoms with van der Waals surface area (Å²) in [6, 6.07) is 11.7. The lowest BCUT2D eigenvalue weighted by atomic mass is 10.00. The van der Waals surface area contributed by atoms with Crippen molar-refractivity contribution in [3.05, 3.63) is 63.3 Å². The molecule has 1 unspecified atom stereocenters. The number of halogens is 1. The van der Waals surface area contributed by atoms with E-state index in [2.05, 4.69) is 16.0 Å². The van der Waals surface area contributed by atoms with Crippen LogP contribution >= 0.6 is 22.6 Å². The second-order valence-corrected chi connectivity index (χ2v) is 6.10. The van der Waals surface area contributed by atoms with Gasteiger partial charge in [-0.15, -0.1) is 0 Å². The van der Waals surface area contributed by atoms with E-state index in [4.69, 9.17) is 4.42 Å². The lowest BCUT2D eigenvalue weighted by molar-refractivity contribution is -0.113. The molecule has 1 atom stereocenters. The van der Waals surface area contributed by atoms with Gasteiger partial charge in [0.05, 0.1) is 5.57 Å². The number of anilines is 1. The number of amides is 3. The summed E-state index contributed by atoms with van der Waals surface area (Å²) in [5.41, 5.74) is 1.60. The van der Waals surface area contributed by atoms with Crippen LogP contribution in [0, 0.1) is 3.77 Å². The van der Waals surface area contributed by atoms with Crippen molar-refractivity contribution in [1.82, 2.24) is 10.6 Å². The van der Waals surface area contributed by atoms with Crippen molar-refractivity contribution in [2.24, 2.45) is 0 Å². The van der Waals surface area contributed by atoms with Crippen LogP contribution in [-0.4, -0.2) is 11.9 Å². The van der Waals surface area contributed by atoms with Gasteiger partial charge in [0, 0.05) is 11.4 Å². The lowest BCUT2D eigenvalue weighted by Gasteiger charge is -2.27. The summed E-state index contributed by atoms with van der Waals surface area (Å²) in [7, 11) is 0. The highest BCUT2D eigenvalue weighted by molar-refractivity contribution is 14.1. The normalized spacial score (nSPS) is 17.5. The van der Waals surface area contributed by atoms with Gasteiger partial charge in [-0.1, -0.05) is 18.2 Å². The van der Waals surface area contributed by atoms with Gasteiger partial charge in [-0.05, 0) is 53.8 Å². The van der Waals surface area contributed by atoms with Gasteiger partial charge < -0.3 is 20.4 Å². The van der Waals surface area contributed by atoms with Gasteiger partial charge in [0.15, 0.2) is 3.77 Å². The molecule has 0 saturated carbocycles. The molecule has 1 aliphatic heterocycles. The van der Waals surface area contributed by atoms with Gasteiger partial charge in [0.2, 0.25) is 0 Å². The van der Waals surface area contributed by atoms with Crippen molar-refractivity contribution in [3.63, 3.8) is 0 Å². The van der Waals surface area contributed by atoms with Gasteiger partial charge in [0.1, 0.15) is 11.8 Å². The summed E-state index contributed by atoms with van der Waals surface area (Å²) < 4.78 is 6.27. The fraction of sp³-hybridized carbons (Fsp3) is 0.125. The summed E-state index contributed by atoms with van der Waals surface area (Å²) in [4.78, 5) is 24.4. The Morgan fingerprint density at radius 2 is 1.96 bits per heavy atom. The molecule has 1 aromatic heterocycles. The van der Waals surface area contributed by atoms with Gasteiger partial charge in [-0.2, -0.15) is 0 Å². The van der Waals surface area contributed by atoms with Crippen LogP contribution < -0.4 is 16.0 Å². The van der Waals surface area contributed by atoms with Crippen molar-refractivity contribution in [2.75, 3.05) is 5.32 Å². The minimum atomic E-state index is -0.629. The Morgan fingerprint density at radius 1 is 1.22 bits per heavy atom. The molecule has 7 heteroatoms. The molecule has 0 radical (unpaired) electrons. The second kappa shape index (κ2) is 6.45. The van der Waals surface area contributed by atoms with E-state index in [1.54, 1.807) is 31.2 Å². The molecule has 0 saturated heterocycles. The molecule has 23 heavy (non-hydrogen) atoms. The van der Waals surface area contributed by atoms with E-state index in [0.717, 1.165) is 0 Å². The number of hydrogen-bond acceptors (Lipinski definition) is 3. The molecular weight excluding hydrogens is 409 g/mol. The fourth-order valence-corrected chi connectivity index (χ4v) is 2.85. The summed E-state index contributed by atoms with van der Waals surface area (Å²) in [5.74, 6) is 0.222. The molecule has 118 valence electrons. The quantitative estimate of drug-likeness (QED) is 0.664. The average Bonchev–Trinajstić information content (AvgIpc) is 2.93. The molecule has 0 fully saturated rings. The van der Waals surface area contributed by atoms with Crippen molar-refractivity contribution in [2.45, 2.75) is 13.0 Å². The second-order valence-electron chi connectivity index (χ2n) is 5.03. The smallest absolute Gasteiger partial charge is 0.319 e. The van der Waals surface area contributed by atoms with E-state index in [-0.39, 0.29) is 11.9 Å². The third kappa shape index (κ3) is 3.39. The van der Waals surface area contributed by atoms with E-state index in [0.29, 0.717) is 26.5 Å². The van der Waals surface area contributed by atoms with E-state index in [1.807, 2.05) is 40.8 Å². The fourth-order valence-electron chi connectivity index (χ4n) is 2.41. The highest BCUT2D eigenvalue weighted by Crippen LogP contribution is 2.29. The molecule has 2 aromatic rings. The number of benzene rings is 1. The Bertz CT molecular complexity index is 783. The van der Waals surface area contributed by atoms with E-state index < -0.39 is 6.04 Å². The first-order valence-corrected chi connectivity index (χ1v) is 8.02. The first kappa shape index (κ1) is 15.6. The number of para-hydroxylation sites is 1. The zero-order chi connectivity index (χ0) is 16.4. The van der Waals surface area contributed by atoms with Crippen molar-refractivity contribution in [3.8, 4) is 0 Å². The number of rotatable bonds is 3. The highest BCUT2D eigenvalue weighted by atomic mass is 127. The van der Waals surface area contributed by atoms with E-state index in [1.165, 1.54) is 0 Å². The summed E-state index contributed by atoms with van der Waals surface area (Å²) in [5, 5.41) is 8.19. The number of nitrogens with one attached hydrogen (secondary N) is 3. The molecule has 3 amide bonds. The average molecular weight is 423 g/mol. The Kier molecular flexibility index (Phi) is 4.37. The van der Waals surface area contributed by atoms with Crippen molar-refractivity contribution in [1.29, 1.82) is 0 Å². The lowest BCUT2D eigenvalue weighted by Crippen LogP contribution is -2.45.